The second-order valence-corrected chi connectivity index (χ2v) is 3.31. The van der Waals surface area contributed by atoms with Gasteiger partial charge in [0.2, 0.25) is 0 Å². The van der Waals surface area contributed by atoms with E-state index in [1.54, 1.807) is 7.05 Å². The predicted molar refractivity (Wildman–Crippen MR) is 53.4 cm³/mol. The van der Waals surface area contributed by atoms with Crippen LogP contribution in [0.2, 0.25) is 5.02 Å². The molecule has 0 aliphatic rings. The maximum Gasteiger partial charge on any atom is 0.128 e. The molecule has 0 amide bonds. The number of hydrogen-bond acceptors (Lipinski definition) is 2. The number of hydrogen-bond donors (Lipinski definition) is 1. The Bertz CT molecular complexity index is 360. The minimum atomic E-state index is -0.344. The van der Waals surface area contributed by atoms with Crippen LogP contribution in [0.5, 0.6) is 0 Å². The molecule has 2 nitrogen and oxygen atoms in total. The molecule has 4 heteroatoms. The van der Waals surface area contributed by atoms with Crippen LogP contribution in [0.25, 0.3) is 0 Å². The van der Waals surface area contributed by atoms with E-state index in [9.17, 15) is 4.39 Å². The SMILES string of the molecule is CNC(CC#N)c1cc(Cl)ccc1F. The molecule has 0 spiro atoms. The first kappa shape index (κ1) is 11.0. The molecule has 1 atom stereocenters. The van der Waals surface area contributed by atoms with Gasteiger partial charge in [-0.3, -0.25) is 0 Å². The Morgan fingerprint density at radius 1 is 1.64 bits per heavy atom. The lowest BCUT2D eigenvalue weighted by Gasteiger charge is -2.13. The maximum absolute atomic E-state index is 13.3. The topological polar surface area (TPSA) is 35.8 Å². The largest absolute Gasteiger partial charge is 0.312 e. The fourth-order valence-corrected chi connectivity index (χ4v) is 1.42. The number of halogens is 2. The number of nitrogens with zero attached hydrogens (tertiary/aromatic N) is 1. The summed E-state index contributed by atoms with van der Waals surface area (Å²) in [5.41, 5.74) is 0.432. The number of nitriles is 1. The fraction of sp³-hybridized carbons (Fsp3) is 0.300. The first-order valence-corrected chi connectivity index (χ1v) is 4.56. The Morgan fingerprint density at radius 3 is 2.93 bits per heavy atom. The van der Waals surface area contributed by atoms with Crippen LogP contribution in [0.3, 0.4) is 0 Å². The highest BCUT2D eigenvalue weighted by Gasteiger charge is 2.13. The average Bonchev–Trinajstić information content (AvgIpc) is 2.18. The number of benzene rings is 1. The normalized spacial score (nSPS) is 12.1. The van der Waals surface area contributed by atoms with Gasteiger partial charge in [-0.25, -0.2) is 4.39 Å². The summed E-state index contributed by atoms with van der Waals surface area (Å²) in [6.07, 6.45) is 0.216. The predicted octanol–water partition coefficient (Wildman–Crippen LogP) is 2.65. The van der Waals surface area contributed by atoms with Gasteiger partial charge in [-0.15, -0.1) is 0 Å². The van der Waals surface area contributed by atoms with Crippen LogP contribution in [-0.4, -0.2) is 7.05 Å². The van der Waals surface area contributed by atoms with Crippen molar-refractivity contribution in [1.29, 1.82) is 5.26 Å². The van der Waals surface area contributed by atoms with Gasteiger partial charge >= 0.3 is 0 Å². The zero-order valence-corrected chi connectivity index (χ0v) is 8.48. The third-order valence-corrected chi connectivity index (χ3v) is 2.21. The van der Waals surface area contributed by atoms with Gasteiger partial charge in [0, 0.05) is 16.6 Å². The Kier molecular flexibility index (Phi) is 3.87. The van der Waals surface area contributed by atoms with Gasteiger partial charge in [-0.05, 0) is 25.2 Å². The molecule has 0 aliphatic heterocycles. The molecule has 0 aromatic heterocycles. The monoisotopic (exact) mass is 212 g/mol. The smallest absolute Gasteiger partial charge is 0.128 e. The highest BCUT2D eigenvalue weighted by Crippen LogP contribution is 2.22. The molecule has 0 aliphatic carbocycles. The molecule has 0 saturated heterocycles. The molecule has 1 unspecified atom stereocenters. The van der Waals surface area contributed by atoms with Gasteiger partial charge in [0.1, 0.15) is 5.82 Å². The van der Waals surface area contributed by atoms with Gasteiger partial charge in [0.05, 0.1) is 12.5 Å². The van der Waals surface area contributed by atoms with Crippen molar-refractivity contribution in [2.24, 2.45) is 0 Å². The van der Waals surface area contributed by atoms with Crippen LogP contribution < -0.4 is 5.32 Å². The molecule has 0 fully saturated rings. The van der Waals surface area contributed by atoms with E-state index in [0.29, 0.717) is 10.6 Å². The van der Waals surface area contributed by atoms with Crippen LogP contribution >= 0.6 is 11.6 Å². The summed E-state index contributed by atoms with van der Waals surface area (Å²) in [5.74, 6) is -0.344. The first-order chi connectivity index (χ1) is 6.69. The van der Waals surface area contributed by atoms with Crippen molar-refractivity contribution >= 4 is 11.6 Å². The molecule has 0 radical (unpaired) electrons. The Morgan fingerprint density at radius 2 is 2.36 bits per heavy atom. The minimum Gasteiger partial charge on any atom is -0.312 e. The quantitative estimate of drug-likeness (QED) is 0.836. The molecule has 0 saturated carbocycles. The molecule has 1 rings (SSSR count). The summed E-state index contributed by atoms with van der Waals surface area (Å²) in [6, 6.07) is 6.01. The molecule has 74 valence electrons. The first-order valence-electron chi connectivity index (χ1n) is 4.18. The lowest BCUT2D eigenvalue weighted by molar-refractivity contribution is 0.542. The summed E-state index contributed by atoms with van der Waals surface area (Å²) < 4.78 is 13.3. The summed E-state index contributed by atoms with van der Waals surface area (Å²) in [4.78, 5) is 0. The van der Waals surface area contributed by atoms with Gasteiger partial charge in [-0.2, -0.15) is 5.26 Å². The van der Waals surface area contributed by atoms with E-state index in [1.165, 1.54) is 18.2 Å². The summed E-state index contributed by atoms with van der Waals surface area (Å²) >= 11 is 5.74. The van der Waals surface area contributed by atoms with Crippen LogP contribution in [0.15, 0.2) is 18.2 Å². The highest BCUT2D eigenvalue weighted by atomic mass is 35.5. The lowest BCUT2D eigenvalue weighted by Crippen LogP contribution is -2.17. The number of rotatable bonds is 3. The third-order valence-electron chi connectivity index (χ3n) is 1.98. The van der Waals surface area contributed by atoms with Crippen molar-refractivity contribution in [3.8, 4) is 6.07 Å². The fourth-order valence-electron chi connectivity index (χ4n) is 1.24. The molecular weight excluding hydrogens is 203 g/mol. The standard InChI is InChI=1S/C10H10ClFN2/c1-14-10(4-5-13)8-6-7(11)2-3-9(8)12/h2-3,6,10,14H,4H2,1H3. The van der Waals surface area contributed by atoms with E-state index in [2.05, 4.69) is 5.32 Å². The van der Waals surface area contributed by atoms with Gasteiger partial charge in [0.25, 0.3) is 0 Å². The summed E-state index contributed by atoms with van der Waals surface area (Å²) in [7, 11) is 1.68. The van der Waals surface area contributed by atoms with E-state index >= 15 is 0 Å². The Labute approximate surface area is 87.3 Å². The molecule has 0 heterocycles. The second kappa shape index (κ2) is 4.94. The van der Waals surface area contributed by atoms with Crippen LogP contribution in [0.4, 0.5) is 4.39 Å². The van der Waals surface area contributed by atoms with Crippen molar-refractivity contribution in [2.75, 3.05) is 7.05 Å². The van der Waals surface area contributed by atoms with E-state index in [1.807, 2.05) is 6.07 Å². The van der Waals surface area contributed by atoms with Crippen LogP contribution in [0, 0.1) is 17.1 Å². The van der Waals surface area contributed by atoms with Crippen molar-refractivity contribution in [1.82, 2.24) is 5.32 Å². The molecular formula is C10H10ClFN2. The highest BCUT2D eigenvalue weighted by molar-refractivity contribution is 6.30. The van der Waals surface area contributed by atoms with Gasteiger partial charge in [-0.1, -0.05) is 11.6 Å². The van der Waals surface area contributed by atoms with Crippen LogP contribution in [-0.2, 0) is 0 Å². The minimum absolute atomic E-state index is 0.216. The molecule has 14 heavy (non-hydrogen) atoms. The van der Waals surface area contributed by atoms with E-state index in [0.717, 1.165) is 0 Å². The molecule has 1 aromatic rings. The average molecular weight is 213 g/mol. The van der Waals surface area contributed by atoms with Crippen molar-refractivity contribution < 1.29 is 4.39 Å². The molecule has 0 bridgehead atoms. The van der Waals surface area contributed by atoms with Crippen molar-refractivity contribution in [3.63, 3.8) is 0 Å². The summed E-state index contributed by atoms with van der Waals surface area (Å²) in [6.45, 7) is 0. The number of nitrogens with one attached hydrogen (secondary N) is 1. The zero-order valence-electron chi connectivity index (χ0n) is 7.72. The van der Waals surface area contributed by atoms with Crippen molar-refractivity contribution in [3.05, 3.63) is 34.6 Å². The maximum atomic E-state index is 13.3. The van der Waals surface area contributed by atoms with Crippen LogP contribution in [0.1, 0.15) is 18.0 Å². The Balaban J connectivity index is 3.03. The summed E-state index contributed by atoms with van der Waals surface area (Å²) in [5, 5.41) is 11.9. The third kappa shape index (κ3) is 2.44. The van der Waals surface area contributed by atoms with E-state index < -0.39 is 0 Å². The van der Waals surface area contributed by atoms with E-state index in [-0.39, 0.29) is 18.3 Å². The second-order valence-electron chi connectivity index (χ2n) is 2.87. The van der Waals surface area contributed by atoms with Crippen molar-refractivity contribution in [2.45, 2.75) is 12.5 Å². The van der Waals surface area contributed by atoms with Gasteiger partial charge < -0.3 is 5.32 Å². The van der Waals surface area contributed by atoms with E-state index in [4.69, 9.17) is 16.9 Å². The lowest BCUT2D eigenvalue weighted by atomic mass is 10.0. The Hall–Kier alpha value is -1.11. The molecule has 1 N–H and O–H groups in total. The van der Waals surface area contributed by atoms with Gasteiger partial charge in [0.15, 0.2) is 0 Å². The zero-order chi connectivity index (χ0) is 10.6. The molecule has 1 aromatic carbocycles.